The molecule has 2 N–H and O–H groups in total. The molecular weight excluding hydrogens is 390 g/mol. The number of rotatable bonds is 5. The molecule has 1 aliphatic rings. The first-order chi connectivity index (χ1) is 12.8. The van der Waals surface area contributed by atoms with Gasteiger partial charge in [-0.15, -0.1) is 0 Å². The van der Waals surface area contributed by atoms with E-state index in [-0.39, 0.29) is 10.6 Å². The fourth-order valence-electron chi connectivity index (χ4n) is 3.34. The van der Waals surface area contributed by atoms with Gasteiger partial charge in [-0.1, -0.05) is 11.6 Å². The molecule has 1 fully saturated rings. The van der Waals surface area contributed by atoms with Gasteiger partial charge < -0.3 is 15.0 Å². The van der Waals surface area contributed by atoms with Gasteiger partial charge in [-0.2, -0.15) is 4.31 Å². The minimum atomic E-state index is -3.62. The van der Waals surface area contributed by atoms with Gasteiger partial charge in [0.1, 0.15) is 16.3 Å². The maximum atomic E-state index is 12.9. The first-order valence-electron chi connectivity index (χ1n) is 8.60. The monoisotopic (exact) mass is 411 g/mol. The third-order valence-electron chi connectivity index (χ3n) is 4.67. The van der Waals surface area contributed by atoms with Crippen LogP contribution < -0.4 is 10.1 Å². The highest BCUT2D eigenvalue weighted by molar-refractivity contribution is 7.89. The zero-order valence-electron chi connectivity index (χ0n) is 15.4. The average Bonchev–Trinajstić information content (AvgIpc) is 3.24. The van der Waals surface area contributed by atoms with E-state index in [1.807, 2.05) is 0 Å². The van der Waals surface area contributed by atoms with Crippen LogP contribution in [0.4, 0.5) is 5.69 Å². The van der Waals surface area contributed by atoms with Gasteiger partial charge in [0.2, 0.25) is 10.0 Å². The normalized spacial score (nSPS) is 15.1. The number of H-pyrrole nitrogens is 1. The number of aromatic nitrogens is 1. The lowest BCUT2D eigenvalue weighted by Gasteiger charge is -2.16. The third-order valence-corrected chi connectivity index (χ3v) is 7.14. The Kier molecular flexibility index (Phi) is 5.50. The molecule has 0 spiro atoms. The van der Waals surface area contributed by atoms with Crippen molar-refractivity contribution in [3.05, 3.63) is 40.2 Å². The first-order valence-corrected chi connectivity index (χ1v) is 10.4. The molecule has 1 aromatic heterocycles. The fraction of sp³-hybridized carbons (Fsp3) is 0.389. The summed E-state index contributed by atoms with van der Waals surface area (Å²) in [5.41, 5.74) is 1.58. The maximum absolute atomic E-state index is 12.9. The number of halogens is 1. The van der Waals surface area contributed by atoms with Crippen LogP contribution in [-0.2, 0) is 10.0 Å². The molecule has 7 nitrogen and oxygen atoms in total. The number of amides is 1. The highest BCUT2D eigenvalue weighted by atomic mass is 35.5. The number of aromatic amines is 1. The van der Waals surface area contributed by atoms with Crippen molar-refractivity contribution in [3.63, 3.8) is 0 Å². The number of methoxy groups -OCH3 is 1. The lowest BCUT2D eigenvalue weighted by molar-refractivity contribution is 0.102. The highest BCUT2D eigenvalue weighted by Crippen LogP contribution is 2.30. The van der Waals surface area contributed by atoms with E-state index in [4.69, 9.17) is 16.3 Å². The largest absolute Gasteiger partial charge is 0.495 e. The van der Waals surface area contributed by atoms with Gasteiger partial charge in [0.15, 0.2) is 0 Å². The predicted octanol–water partition coefficient (Wildman–Crippen LogP) is 3.33. The van der Waals surface area contributed by atoms with Crippen molar-refractivity contribution in [1.82, 2.24) is 9.29 Å². The number of anilines is 1. The van der Waals surface area contributed by atoms with Gasteiger partial charge in [0.05, 0.1) is 12.1 Å². The lowest BCUT2D eigenvalue weighted by atomic mass is 10.2. The van der Waals surface area contributed by atoms with E-state index in [2.05, 4.69) is 10.3 Å². The molecule has 2 aromatic rings. The fourth-order valence-corrected chi connectivity index (χ4v) is 5.52. The molecule has 0 aliphatic carbocycles. The first kappa shape index (κ1) is 19.7. The number of carbonyl (C=O) groups excluding carboxylic acids is 1. The van der Waals surface area contributed by atoms with Crippen LogP contribution in [0.2, 0.25) is 5.02 Å². The summed E-state index contributed by atoms with van der Waals surface area (Å²) < 4.78 is 32.4. The summed E-state index contributed by atoms with van der Waals surface area (Å²) in [6, 6.07) is 4.88. The van der Waals surface area contributed by atoms with Crippen LogP contribution in [-0.4, -0.2) is 43.8 Å². The molecule has 0 radical (unpaired) electrons. The molecule has 0 unspecified atom stereocenters. The number of hydrogen-bond acceptors (Lipinski definition) is 4. The zero-order valence-corrected chi connectivity index (χ0v) is 17.0. The quantitative estimate of drug-likeness (QED) is 0.789. The van der Waals surface area contributed by atoms with Crippen LogP contribution in [0.5, 0.6) is 5.75 Å². The van der Waals surface area contributed by atoms with E-state index in [0.29, 0.717) is 40.8 Å². The second-order valence-corrected chi connectivity index (χ2v) is 8.78. The smallest absolute Gasteiger partial charge is 0.272 e. The van der Waals surface area contributed by atoms with E-state index in [1.165, 1.54) is 11.4 Å². The van der Waals surface area contributed by atoms with Gasteiger partial charge in [-0.05, 0) is 50.5 Å². The van der Waals surface area contributed by atoms with Gasteiger partial charge >= 0.3 is 0 Å². The molecule has 0 atom stereocenters. The van der Waals surface area contributed by atoms with Crippen LogP contribution in [0.1, 0.15) is 34.6 Å². The Balaban J connectivity index is 1.89. The van der Waals surface area contributed by atoms with Crippen molar-refractivity contribution in [1.29, 1.82) is 0 Å². The van der Waals surface area contributed by atoms with Crippen molar-refractivity contribution in [2.24, 2.45) is 0 Å². The van der Waals surface area contributed by atoms with Crippen molar-refractivity contribution in [3.8, 4) is 5.75 Å². The number of ether oxygens (including phenoxy) is 1. The number of sulfonamides is 1. The Morgan fingerprint density at radius 1 is 1.26 bits per heavy atom. The summed E-state index contributed by atoms with van der Waals surface area (Å²) in [7, 11) is -2.11. The standard InChI is InChI=1S/C18H22ClN3O4S/c1-11-16(18(23)21-13-6-7-15(26-3)14(19)10-13)20-12(2)17(11)27(24,25)22-8-4-5-9-22/h6-7,10,20H,4-5,8-9H2,1-3H3,(H,21,23). The molecule has 1 amide bonds. The van der Waals surface area contributed by atoms with Gasteiger partial charge in [0, 0.05) is 24.5 Å². The number of nitrogens with zero attached hydrogens (tertiary/aromatic N) is 1. The topological polar surface area (TPSA) is 91.5 Å². The Morgan fingerprint density at radius 3 is 2.52 bits per heavy atom. The minimum Gasteiger partial charge on any atom is -0.495 e. The molecule has 0 bridgehead atoms. The van der Waals surface area contributed by atoms with Crippen molar-refractivity contribution < 1.29 is 17.9 Å². The number of nitrogens with one attached hydrogen (secondary N) is 2. The van der Waals surface area contributed by atoms with Crippen molar-refractivity contribution >= 4 is 33.2 Å². The highest BCUT2D eigenvalue weighted by Gasteiger charge is 2.33. The summed E-state index contributed by atoms with van der Waals surface area (Å²) in [5, 5.41) is 3.10. The molecule has 1 aliphatic heterocycles. The minimum absolute atomic E-state index is 0.183. The number of aryl methyl sites for hydroxylation is 1. The van der Waals surface area contributed by atoms with Crippen molar-refractivity contribution in [2.75, 3.05) is 25.5 Å². The van der Waals surface area contributed by atoms with E-state index in [9.17, 15) is 13.2 Å². The molecule has 27 heavy (non-hydrogen) atoms. The third kappa shape index (κ3) is 3.69. The Bertz CT molecular complexity index is 979. The molecule has 0 saturated carbocycles. The Morgan fingerprint density at radius 2 is 1.93 bits per heavy atom. The summed E-state index contributed by atoms with van der Waals surface area (Å²) in [6.07, 6.45) is 1.71. The second kappa shape index (κ2) is 7.53. The van der Waals surface area contributed by atoms with Crippen LogP contribution in [0.25, 0.3) is 0 Å². The number of benzene rings is 1. The summed E-state index contributed by atoms with van der Waals surface area (Å²) >= 11 is 6.08. The second-order valence-electron chi connectivity index (χ2n) is 6.49. The van der Waals surface area contributed by atoms with Crippen LogP contribution in [0.3, 0.4) is 0 Å². The summed E-state index contributed by atoms with van der Waals surface area (Å²) in [4.78, 5) is 15.8. The molecule has 9 heteroatoms. The van der Waals surface area contributed by atoms with Gasteiger partial charge in [-0.25, -0.2) is 8.42 Å². The molecule has 1 saturated heterocycles. The zero-order chi connectivity index (χ0) is 19.8. The average molecular weight is 412 g/mol. The van der Waals surface area contributed by atoms with E-state index in [1.54, 1.807) is 32.0 Å². The number of hydrogen-bond donors (Lipinski definition) is 2. The molecular formula is C18H22ClN3O4S. The van der Waals surface area contributed by atoms with Crippen LogP contribution in [0, 0.1) is 13.8 Å². The van der Waals surface area contributed by atoms with Crippen LogP contribution >= 0.6 is 11.6 Å². The molecule has 2 heterocycles. The molecule has 3 rings (SSSR count). The lowest BCUT2D eigenvalue weighted by Crippen LogP contribution is -2.28. The van der Waals surface area contributed by atoms with E-state index < -0.39 is 15.9 Å². The van der Waals surface area contributed by atoms with E-state index >= 15 is 0 Å². The van der Waals surface area contributed by atoms with Crippen molar-refractivity contribution in [2.45, 2.75) is 31.6 Å². The summed E-state index contributed by atoms with van der Waals surface area (Å²) in [5.74, 6) is 0.0697. The Labute approximate surface area is 163 Å². The summed E-state index contributed by atoms with van der Waals surface area (Å²) in [6.45, 7) is 4.33. The predicted molar refractivity (Wildman–Crippen MR) is 104 cm³/mol. The van der Waals surface area contributed by atoms with E-state index in [0.717, 1.165) is 12.8 Å². The molecule has 1 aromatic carbocycles. The number of carbonyl (C=O) groups is 1. The van der Waals surface area contributed by atoms with Gasteiger partial charge in [0.25, 0.3) is 5.91 Å². The maximum Gasteiger partial charge on any atom is 0.272 e. The SMILES string of the molecule is COc1ccc(NC(=O)c2[nH]c(C)c(S(=O)(=O)N3CCCC3)c2C)cc1Cl. The molecule has 146 valence electrons. The van der Waals surface area contributed by atoms with Crippen LogP contribution in [0.15, 0.2) is 23.1 Å². The Hall–Kier alpha value is -2.03. The van der Waals surface area contributed by atoms with Gasteiger partial charge in [-0.3, -0.25) is 4.79 Å².